The van der Waals surface area contributed by atoms with Gasteiger partial charge in [0.2, 0.25) is 0 Å². The monoisotopic (exact) mass is 293 g/mol. The Balaban J connectivity index is 2.44. The van der Waals surface area contributed by atoms with Crippen LogP contribution in [0.5, 0.6) is 11.5 Å². The smallest absolute Gasteiger partial charge is 0.161 e. The normalized spacial score (nSPS) is 13.7. The number of hydrogen-bond donors (Lipinski definition) is 1. The van der Waals surface area contributed by atoms with Crippen LogP contribution < -0.4 is 14.8 Å². The van der Waals surface area contributed by atoms with E-state index in [0.29, 0.717) is 18.6 Å². The second-order valence-electron chi connectivity index (χ2n) is 5.43. The van der Waals surface area contributed by atoms with Crippen molar-refractivity contribution in [3.63, 3.8) is 0 Å². The van der Waals surface area contributed by atoms with Crippen LogP contribution in [-0.2, 0) is 0 Å². The first-order valence-electron chi connectivity index (χ1n) is 8.30. The summed E-state index contributed by atoms with van der Waals surface area (Å²) in [5, 5.41) is 3.58. The maximum Gasteiger partial charge on any atom is 0.161 e. The first kappa shape index (κ1) is 17.8. The molecule has 2 unspecified atom stereocenters. The predicted octanol–water partition coefficient (Wildman–Crippen LogP) is 4.27. The second kappa shape index (κ2) is 10.5. The SMILES string of the molecule is CCCNC(C)C(CC)CCOc1ccccc1OCC. The van der Waals surface area contributed by atoms with Gasteiger partial charge in [-0.25, -0.2) is 0 Å². The molecule has 3 heteroatoms. The lowest BCUT2D eigenvalue weighted by atomic mass is 9.95. The van der Waals surface area contributed by atoms with E-state index in [1.807, 2.05) is 31.2 Å². The molecule has 3 nitrogen and oxygen atoms in total. The van der Waals surface area contributed by atoms with Gasteiger partial charge in [-0.15, -0.1) is 0 Å². The quantitative estimate of drug-likeness (QED) is 0.661. The van der Waals surface area contributed by atoms with E-state index < -0.39 is 0 Å². The van der Waals surface area contributed by atoms with Crippen LogP contribution in [0.4, 0.5) is 0 Å². The largest absolute Gasteiger partial charge is 0.490 e. The molecule has 1 rings (SSSR count). The molecule has 1 aromatic rings. The van der Waals surface area contributed by atoms with Gasteiger partial charge in [-0.05, 0) is 51.3 Å². The summed E-state index contributed by atoms with van der Waals surface area (Å²) in [6.45, 7) is 11.2. The Morgan fingerprint density at radius 3 is 2.29 bits per heavy atom. The van der Waals surface area contributed by atoms with Gasteiger partial charge in [0.25, 0.3) is 0 Å². The first-order valence-corrected chi connectivity index (χ1v) is 8.30. The van der Waals surface area contributed by atoms with Crippen molar-refractivity contribution in [1.82, 2.24) is 5.32 Å². The minimum absolute atomic E-state index is 0.542. The van der Waals surface area contributed by atoms with Crippen molar-refractivity contribution in [2.75, 3.05) is 19.8 Å². The lowest BCUT2D eigenvalue weighted by Crippen LogP contribution is -2.34. The Bertz CT molecular complexity index is 381. The summed E-state index contributed by atoms with van der Waals surface area (Å²) in [7, 11) is 0. The molecule has 120 valence electrons. The highest BCUT2D eigenvalue weighted by atomic mass is 16.5. The van der Waals surface area contributed by atoms with Crippen LogP contribution in [0.1, 0.15) is 47.0 Å². The van der Waals surface area contributed by atoms with Crippen molar-refractivity contribution in [3.8, 4) is 11.5 Å². The Morgan fingerprint density at radius 2 is 1.71 bits per heavy atom. The van der Waals surface area contributed by atoms with E-state index in [0.717, 1.165) is 31.1 Å². The van der Waals surface area contributed by atoms with Crippen molar-refractivity contribution in [2.24, 2.45) is 5.92 Å². The van der Waals surface area contributed by atoms with E-state index in [1.54, 1.807) is 0 Å². The molecule has 1 aromatic carbocycles. The fourth-order valence-corrected chi connectivity index (χ4v) is 2.51. The number of nitrogens with one attached hydrogen (secondary N) is 1. The van der Waals surface area contributed by atoms with Crippen molar-refractivity contribution in [1.29, 1.82) is 0 Å². The third-order valence-electron chi connectivity index (χ3n) is 3.84. The van der Waals surface area contributed by atoms with Crippen molar-refractivity contribution in [3.05, 3.63) is 24.3 Å². The van der Waals surface area contributed by atoms with Crippen LogP contribution in [0.3, 0.4) is 0 Å². The minimum Gasteiger partial charge on any atom is -0.490 e. The average molecular weight is 293 g/mol. The highest BCUT2D eigenvalue weighted by molar-refractivity contribution is 5.39. The van der Waals surface area contributed by atoms with Crippen LogP contribution in [0.25, 0.3) is 0 Å². The Hall–Kier alpha value is -1.22. The molecule has 0 aliphatic heterocycles. The van der Waals surface area contributed by atoms with E-state index in [1.165, 1.54) is 12.8 Å². The van der Waals surface area contributed by atoms with Crippen molar-refractivity contribution in [2.45, 2.75) is 53.0 Å². The van der Waals surface area contributed by atoms with Gasteiger partial charge in [0.15, 0.2) is 11.5 Å². The summed E-state index contributed by atoms with van der Waals surface area (Å²) in [5.41, 5.74) is 0. The van der Waals surface area contributed by atoms with E-state index in [2.05, 4.69) is 26.1 Å². The zero-order valence-electron chi connectivity index (χ0n) is 14.0. The highest BCUT2D eigenvalue weighted by Gasteiger charge is 2.15. The van der Waals surface area contributed by atoms with Crippen LogP contribution in [-0.4, -0.2) is 25.8 Å². The standard InChI is InChI=1S/C18H31NO2/c1-5-13-19-15(4)16(6-2)12-14-21-18-11-9-8-10-17(18)20-7-3/h8-11,15-16,19H,5-7,12-14H2,1-4H3. The molecule has 2 atom stereocenters. The lowest BCUT2D eigenvalue weighted by Gasteiger charge is -2.24. The van der Waals surface area contributed by atoms with Gasteiger partial charge in [0.1, 0.15) is 0 Å². The minimum atomic E-state index is 0.542. The highest BCUT2D eigenvalue weighted by Crippen LogP contribution is 2.27. The molecule has 0 aromatic heterocycles. The molecule has 0 heterocycles. The fraction of sp³-hybridized carbons (Fsp3) is 0.667. The van der Waals surface area contributed by atoms with E-state index in [4.69, 9.17) is 9.47 Å². The molecule has 0 radical (unpaired) electrons. The summed E-state index contributed by atoms with van der Waals surface area (Å²) in [6.07, 6.45) is 3.42. The number of para-hydroxylation sites is 2. The van der Waals surface area contributed by atoms with Gasteiger partial charge in [-0.3, -0.25) is 0 Å². The number of rotatable bonds is 11. The fourth-order valence-electron chi connectivity index (χ4n) is 2.51. The molecule has 0 amide bonds. The van der Waals surface area contributed by atoms with Crippen LogP contribution >= 0.6 is 0 Å². The molecule has 1 N–H and O–H groups in total. The second-order valence-corrected chi connectivity index (χ2v) is 5.43. The lowest BCUT2D eigenvalue weighted by molar-refractivity contribution is 0.234. The molecule has 0 spiro atoms. The predicted molar refractivity (Wildman–Crippen MR) is 89.3 cm³/mol. The van der Waals surface area contributed by atoms with E-state index in [9.17, 15) is 0 Å². The van der Waals surface area contributed by atoms with Crippen LogP contribution in [0.2, 0.25) is 0 Å². The molecule has 21 heavy (non-hydrogen) atoms. The topological polar surface area (TPSA) is 30.5 Å². The summed E-state index contributed by atoms with van der Waals surface area (Å²) < 4.78 is 11.5. The zero-order valence-corrected chi connectivity index (χ0v) is 14.0. The molecular formula is C18H31NO2. The average Bonchev–Trinajstić information content (AvgIpc) is 2.51. The molecule has 0 saturated heterocycles. The molecule has 0 saturated carbocycles. The Kier molecular flexibility index (Phi) is 8.91. The van der Waals surface area contributed by atoms with E-state index >= 15 is 0 Å². The number of ether oxygens (including phenoxy) is 2. The van der Waals surface area contributed by atoms with Gasteiger partial charge in [-0.2, -0.15) is 0 Å². The molecule has 0 fully saturated rings. The van der Waals surface area contributed by atoms with Gasteiger partial charge in [0.05, 0.1) is 13.2 Å². The summed E-state index contributed by atoms with van der Waals surface area (Å²) >= 11 is 0. The Labute approximate surface area is 130 Å². The summed E-state index contributed by atoms with van der Waals surface area (Å²) in [6, 6.07) is 8.44. The van der Waals surface area contributed by atoms with E-state index in [-0.39, 0.29) is 0 Å². The van der Waals surface area contributed by atoms with Crippen molar-refractivity contribution < 1.29 is 9.47 Å². The third kappa shape index (κ3) is 6.38. The van der Waals surface area contributed by atoms with Gasteiger partial charge in [-0.1, -0.05) is 32.4 Å². The van der Waals surface area contributed by atoms with Gasteiger partial charge < -0.3 is 14.8 Å². The third-order valence-corrected chi connectivity index (χ3v) is 3.84. The summed E-state index contributed by atoms with van der Waals surface area (Å²) in [4.78, 5) is 0. The molecular weight excluding hydrogens is 262 g/mol. The van der Waals surface area contributed by atoms with Crippen molar-refractivity contribution >= 4 is 0 Å². The molecule has 0 bridgehead atoms. The van der Waals surface area contributed by atoms with Gasteiger partial charge >= 0.3 is 0 Å². The maximum atomic E-state index is 5.92. The Morgan fingerprint density at radius 1 is 1.05 bits per heavy atom. The molecule has 0 aliphatic carbocycles. The van der Waals surface area contributed by atoms with Crippen LogP contribution in [0, 0.1) is 5.92 Å². The summed E-state index contributed by atoms with van der Waals surface area (Å²) in [5.74, 6) is 2.34. The van der Waals surface area contributed by atoms with Crippen LogP contribution in [0.15, 0.2) is 24.3 Å². The zero-order chi connectivity index (χ0) is 15.5. The number of benzene rings is 1. The molecule has 0 aliphatic rings. The number of hydrogen-bond acceptors (Lipinski definition) is 3. The first-order chi connectivity index (χ1) is 10.2. The maximum absolute atomic E-state index is 5.92. The van der Waals surface area contributed by atoms with Gasteiger partial charge in [0, 0.05) is 6.04 Å².